The van der Waals surface area contributed by atoms with E-state index in [1.54, 1.807) is 56.3 Å². The van der Waals surface area contributed by atoms with Gasteiger partial charge in [-0.2, -0.15) is 0 Å². The number of nitrogens with one attached hydrogen (secondary N) is 4. The van der Waals surface area contributed by atoms with Gasteiger partial charge in [-0.05, 0) is 36.1 Å². The largest absolute Gasteiger partial charge is 0.508 e. The Kier molecular flexibility index (Phi) is 14.6. The number of ether oxygens (including phenoxy) is 1. The lowest BCUT2D eigenvalue weighted by Gasteiger charge is -2.27. The first-order valence-corrected chi connectivity index (χ1v) is 14.8. The molecule has 15 heteroatoms. The molecular weight excluding hydrogens is 624 g/mol. The van der Waals surface area contributed by atoms with Gasteiger partial charge in [-0.15, -0.1) is 11.6 Å². The van der Waals surface area contributed by atoms with Crippen LogP contribution in [0.3, 0.4) is 0 Å². The van der Waals surface area contributed by atoms with Crippen LogP contribution in [0.1, 0.15) is 38.3 Å². The zero-order chi connectivity index (χ0) is 34.4. The molecule has 4 atom stereocenters. The lowest BCUT2D eigenvalue weighted by atomic mass is 10.0. The second-order valence-electron chi connectivity index (χ2n) is 10.7. The minimum atomic E-state index is -1.70. The number of carboxylic acid groups (broad SMARTS) is 1. The van der Waals surface area contributed by atoms with E-state index in [1.807, 2.05) is 0 Å². The minimum absolute atomic E-state index is 0.000949. The second kappa shape index (κ2) is 18.1. The van der Waals surface area contributed by atoms with Crippen molar-refractivity contribution in [3.05, 3.63) is 65.7 Å². The molecule has 2 aromatic rings. The highest BCUT2D eigenvalue weighted by Crippen LogP contribution is 2.13. The van der Waals surface area contributed by atoms with E-state index in [0.29, 0.717) is 5.56 Å². The van der Waals surface area contributed by atoms with Crippen LogP contribution < -0.4 is 21.3 Å². The number of carbonyl (C=O) groups excluding carboxylic acids is 6. The highest BCUT2D eigenvalue weighted by atomic mass is 35.5. The Balaban J connectivity index is 2.14. The molecule has 248 valence electrons. The van der Waals surface area contributed by atoms with E-state index in [2.05, 4.69) is 21.3 Å². The first-order chi connectivity index (χ1) is 21.7. The summed E-state index contributed by atoms with van der Waals surface area (Å²) in [5.74, 6) is -7.48. The number of carbonyl (C=O) groups is 7. The van der Waals surface area contributed by atoms with Gasteiger partial charge in [0, 0.05) is 6.42 Å². The number of alkyl halides is 1. The molecule has 6 N–H and O–H groups in total. The molecule has 2 aromatic carbocycles. The second-order valence-corrected chi connectivity index (χ2v) is 10.9. The van der Waals surface area contributed by atoms with Crippen LogP contribution >= 0.6 is 11.6 Å². The number of ketones is 2. The van der Waals surface area contributed by atoms with E-state index >= 15 is 0 Å². The number of carboxylic acids is 1. The summed E-state index contributed by atoms with van der Waals surface area (Å²) < 4.78 is 5.26. The van der Waals surface area contributed by atoms with Crippen LogP contribution in [-0.2, 0) is 46.5 Å². The molecule has 0 aliphatic carbocycles. The molecule has 0 aliphatic heterocycles. The van der Waals surface area contributed by atoms with Crippen LogP contribution in [-0.4, -0.2) is 81.6 Å². The summed E-state index contributed by atoms with van der Waals surface area (Å²) in [6, 6.07) is 9.35. The summed E-state index contributed by atoms with van der Waals surface area (Å²) in [5, 5.41) is 28.3. The number of Topliss-reactive ketones (excluding diaryl/α,β-unsaturated/α-hetero) is 2. The van der Waals surface area contributed by atoms with Crippen molar-refractivity contribution in [1.29, 1.82) is 0 Å². The van der Waals surface area contributed by atoms with Gasteiger partial charge in [0.2, 0.25) is 29.3 Å². The number of aromatic hydroxyl groups is 1. The molecule has 14 nitrogen and oxygen atoms in total. The number of hydrogen-bond acceptors (Lipinski definition) is 9. The van der Waals surface area contributed by atoms with Gasteiger partial charge in [0.15, 0.2) is 0 Å². The zero-order valence-corrected chi connectivity index (χ0v) is 26.2. The van der Waals surface area contributed by atoms with E-state index in [9.17, 15) is 38.7 Å². The predicted molar refractivity (Wildman–Crippen MR) is 165 cm³/mol. The maximum absolute atomic E-state index is 13.5. The van der Waals surface area contributed by atoms with E-state index < -0.39 is 83.7 Å². The van der Waals surface area contributed by atoms with Crippen molar-refractivity contribution in [2.75, 3.05) is 5.88 Å². The molecule has 0 aliphatic rings. The van der Waals surface area contributed by atoms with Crippen molar-refractivity contribution in [1.82, 2.24) is 21.3 Å². The fourth-order valence-corrected chi connectivity index (χ4v) is 4.21. The topological polar surface area (TPSA) is 217 Å². The predicted octanol–water partition coefficient (Wildman–Crippen LogP) is 1.21. The number of rotatable bonds is 17. The average molecular weight is 661 g/mol. The van der Waals surface area contributed by atoms with Crippen molar-refractivity contribution < 1.29 is 48.5 Å². The molecule has 0 saturated heterocycles. The van der Waals surface area contributed by atoms with Crippen LogP contribution in [0.4, 0.5) is 4.79 Å². The van der Waals surface area contributed by atoms with Gasteiger partial charge in [-0.25, -0.2) is 4.79 Å². The fraction of sp³-hybridized carbons (Fsp3) is 0.387. The Labute approximate surface area is 270 Å². The lowest BCUT2D eigenvalue weighted by molar-refractivity contribution is -0.143. The third kappa shape index (κ3) is 12.2. The molecule has 0 radical (unpaired) electrons. The first kappa shape index (κ1) is 37.2. The lowest BCUT2D eigenvalue weighted by Crippen LogP contribution is -2.59. The van der Waals surface area contributed by atoms with Gasteiger partial charge in [-0.1, -0.05) is 56.3 Å². The Hall–Kier alpha value is -4.98. The maximum Gasteiger partial charge on any atom is 0.408 e. The number of benzene rings is 2. The highest BCUT2D eigenvalue weighted by molar-refractivity contribution is 6.48. The summed E-state index contributed by atoms with van der Waals surface area (Å²) in [7, 11) is 0. The number of phenols is 1. The molecule has 0 fully saturated rings. The molecule has 4 amide bonds. The zero-order valence-electron chi connectivity index (χ0n) is 25.4. The number of alkyl carbamates (subject to hydrolysis) is 1. The number of hydrogen-bond donors (Lipinski definition) is 6. The normalized spacial score (nSPS) is 13.3. The molecule has 0 aromatic heterocycles. The molecule has 0 spiro atoms. The van der Waals surface area contributed by atoms with Gasteiger partial charge in [0.1, 0.15) is 36.5 Å². The Morgan fingerprint density at radius 2 is 1.39 bits per heavy atom. The van der Waals surface area contributed by atoms with Gasteiger partial charge < -0.3 is 36.2 Å². The Morgan fingerprint density at radius 3 is 1.96 bits per heavy atom. The Bertz CT molecular complexity index is 1400. The number of halogens is 1. The third-order valence-electron chi connectivity index (χ3n) is 6.60. The van der Waals surface area contributed by atoms with E-state index in [4.69, 9.17) is 21.4 Å². The van der Waals surface area contributed by atoms with Crippen molar-refractivity contribution in [2.24, 2.45) is 5.92 Å². The number of aliphatic carboxylic acids is 1. The summed E-state index contributed by atoms with van der Waals surface area (Å²) in [6.45, 7) is 4.46. The monoisotopic (exact) mass is 660 g/mol. The average Bonchev–Trinajstić information content (AvgIpc) is 3.02. The SMILES string of the molecule is CC(NC(=O)C(NC(=O)C(Cc1ccc(O)cc1)NC(=O)OCc1ccccc1)C(C)C)C(=O)NC(CC(=O)O)C(=O)C(=O)CCl. The van der Waals surface area contributed by atoms with Crippen LogP contribution in [0, 0.1) is 5.92 Å². The molecule has 4 unspecified atom stereocenters. The minimum Gasteiger partial charge on any atom is -0.508 e. The van der Waals surface area contributed by atoms with Crippen LogP contribution in [0.2, 0.25) is 0 Å². The van der Waals surface area contributed by atoms with Crippen molar-refractivity contribution in [3.8, 4) is 5.75 Å². The maximum atomic E-state index is 13.5. The van der Waals surface area contributed by atoms with Crippen LogP contribution in [0.25, 0.3) is 0 Å². The van der Waals surface area contributed by atoms with E-state index in [-0.39, 0.29) is 18.8 Å². The molecule has 0 heterocycles. The quantitative estimate of drug-likeness (QED) is 0.105. The van der Waals surface area contributed by atoms with Crippen LogP contribution in [0.5, 0.6) is 5.75 Å². The smallest absolute Gasteiger partial charge is 0.408 e. The summed E-state index contributed by atoms with van der Waals surface area (Å²) >= 11 is 5.38. The molecule has 2 rings (SSSR count). The van der Waals surface area contributed by atoms with E-state index in [0.717, 1.165) is 5.56 Å². The van der Waals surface area contributed by atoms with Gasteiger partial charge in [0.25, 0.3) is 0 Å². The summed E-state index contributed by atoms with van der Waals surface area (Å²) in [4.78, 5) is 87.1. The van der Waals surface area contributed by atoms with Gasteiger partial charge in [0.05, 0.1) is 12.3 Å². The molecular formula is C31H37ClN4O10. The summed E-state index contributed by atoms with van der Waals surface area (Å²) in [6.07, 6.45) is -1.81. The third-order valence-corrected chi connectivity index (χ3v) is 6.85. The molecule has 0 saturated carbocycles. The van der Waals surface area contributed by atoms with Crippen molar-refractivity contribution in [3.63, 3.8) is 0 Å². The van der Waals surface area contributed by atoms with E-state index in [1.165, 1.54) is 19.1 Å². The molecule has 0 bridgehead atoms. The fourth-order valence-electron chi connectivity index (χ4n) is 4.08. The van der Waals surface area contributed by atoms with Gasteiger partial charge >= 0.3 is 12.1 Å². The highest BCUT2D eigenvalue weighted by Gasteiger charge is 2.33. The van der Waals surface area contributed by atoms with Crippen molar-refractivity contribution in [2.45, 2.75) is 64.4 Å². The number of amides is 4. The van der Waals surface area contributed by atoms with Crippen LogP contribution in [0.15, 0.2) is 54.6 Å². The summed E-state index contributed by atoms with van der Waals surface area (Å²) in [5.41, 5.74) is 1.30. The first-order valence-electron chi connectivity index (χ1n) is 14.2. The molecule has 46 heavy (non-hydrogen) atoms. The van der Waals surface area contributed by atoms with Gasteiger partial charge in [-0.3, -0.25) is 28.8 Å². The Morgan fingerprint density at radius 1 is 0.761 bits per heavy atom. The van der Waals surface area contributed by atoms with Crippen molar-refractivity contribution >= 4 is 53.0 Å². The standard InChI is InChI=1S/C31H37ClN4O10/c1-17(2)26(30(44)33-18(3)28(42)34-22(14-25(39)40)27(41)24(38)15-32)36-29(43)23(13-19-9-11-21(37)12-10-19)35-31(45)46-16-20-7-5-4-6-8-20/h4-12,17-18,22-23,26,37H,13-16H2,1-3H3,(H,33,44)(H,34,42)(H,35,45)(H,36,43)(H,39,40). The number of phenolic OH excluding ortho intramolecular Hbond substituents is 1.